The SMILES string of the molecule is CC(C)c1ccc2[nH]cc(C(CC(=O)O)C3CC3)c2c1. The molecule has 1 heterocycles. The van der Waals surface area contributed by atoms with Crippen molar-refractivity contribution in [3.63, 3.8) is 0 Å². The first kappa shape index (κ1) is 13.2. The molecule has 1 fully saturated rings. The summed E-state index contributed by atoms with van der Waals surface area (Å²) in [6.07, 6.45) is 4.58. The molecule has 3 rings (SSSR count). The first-order valence-corrected chi connectivity index (χ1v) is 7.39. The zero-order chi connectivity index (χ0) is 14.3. The number of nitrogens with one attached hydrogen (secondary N) is 1. The Kier molecular flexibility index (Phi) is 3.28. The van der Waals surface area contributed by atoms with Crippen molar-refractivity contribution in [2.24, 2.45) is 5.92 Å². The van der Waals surface area contributed by atoms with Gasteiger partial charge in [-0.3, -0.25) is 4.79 Å². The first-order chi connectivity index (χ1) is 9.56. The molecule has 2 N–H and O–H groups in total. The largest absolute Gasteiger partial charge is 0.481 e. The molecule has 1 atom stereocenters. The van der Waals surface area contributed by atoms with Crippen molar-refractivity contribution in [1.82, 2.24) is 4.98 Å². The van der Waals surface area contributed by atoms with E-state index in [0.29, 0.717) is 11.8 Å². The van der Waals surface area contributed by atoms with Crippen molar-refractivity contribution in [3.8, 4) is 0 Å². The molecular formula is C17H21NO2. The Balaban J connectivity index is 2.04. The fourth-order valence-electron chi connectivity index (χ4n) is 3.04. The van der Waals surface area contributed by atoms with Crippen LogP contribution in [0.1, 0.15) is 56.1 Å². The van der Waals surface area contributed by atoms with Crippen molar-refractivity contribution in [3.05, 3.63) is 35.5 Å². The van der Waals surface area contributed by atoms with Gasteiger partial charge >= 0.3 is 5.97 Å². The average Bonchev–Trinajstić information content (AvgIpc) is 3.15. The summed E-state index contributed by atoms with van der Waals surface area (Å²) in [6, 6.07) is 6.48. The van der Waals surface area contributed by atoms with E-state index in [1.807, 2.05) is 6.20 Å². The van der Waals surface area contributed by atoms with Crippen LogP contribution in [-0.4, -0.2) is 16.1 Å². The molecule has 0 radical (unpaired) electrons. The smallest absolute Gasteiger partial charge is 0.303 e. The van der Waals surface area contributed by atoms with Gasteiger partial charge in [0.2, 0.25) is 0 Å². The number of benzene rings is 1. The second kappa shape index (κ2) is 4.97. The van der Waals surface area contributed by atoms with E-state index in [1.54, 1.807) is 0 Å². The van der Waals surface area contributed by atoms with Crippen molar-refractivity contribution < 1.29 is 9.90 Å². The lowest BCUT2D eigenvalue weighted by Crippen LogP contribution is -2.08. The van der Waals surface area contributed by atoms with E-state index < -0.39 is 5.97 Å². The standard InChI is InChI=1S/C17H21NO2/c1-10(2)12-5-6-16-14(7-12)15(9-18-16)13(8-17(19)20)11-3-4-11/h5-7,9-11,13,18H,3-4,8H2,1-2H3,(H,19,20). The number of carboxylic acids is 1. The number of rotatable bonds is 5. The molecule has 0 bridgehead atoms. The molecule has 1 unspecified atom stereocenters. The Hall–Kier alpha value is -1.77. The quantitative estimate of drug-likeness (QED) is 0.853. The molecule has 1 aliphatic carbocycles. The highest BCUT2D eigenvalue weighted by Crippen LogP contribution is 2.46. The number of fused-ring (bicyclic) bond motifs is 1. The maximum atomic E-state index is 11.1. The van der Waals surface area contributed by atoms with Crippen LogP contribution in [0.15, 0.2) is 24.4 Å². The Morgan fingerprint density at radius 1 is 1.40 bits per heavy atom. The minimum Gasteiger partial charge on any atom is -0.481 e. The van der Waals surface area contributed by atoms with Crippen LogP contribution in [0.2, 0.25) is 0 Å². The molecule has 106 valence electrons. The highest BCUT2D eigenvalue weighted by atomic mass is 16.4. The molecule has 1 aliphatic rings. The van der Waals surface area contributed by atoms with Gasteiger partial charge in [-0.05, 0) is 53.9 Å². The van der Waals surface area contributed by atoms with E-state index >= 15 is 0 Å². The highest BCUT2D eigenvalue weighted by Gasteiger charge is 2.35. The van der Waals surface area contributed by atoms with Gasteiger partial charge in [0, 0.05) is 17.1 Å². The predicted molar refractivity (Wildman–Crippen MR) is 80.1 cm³/mol. The molecule has 0 spiro atoms. The fourth-order valence-corrected chi connectivity index (χ4v) is 3.04. The second-order valence-corrected chi connectivity index (χ2v) is 6.25. The van der Waals surface area contributed by atoms with Crippen LogP contribution in [-0.2, 0) is 4.79 Å². The van der Waals surface area contributed by atoms with E-state index in [9.17, 15) is 4.79 Å². The van der Waals surface area contributed by atoms with Crippen molar-refractivity contribution in [2.45, 2.75) is 44.9 Å². The van der Waals surface area contributed by atoms with Gasteiger partial charge in [0.25, 0.3) is 0 Å². The summed E-state index contributed by atoms with van der Waals surface area (Å²) >= 11 is 0. The summed E-state index contributed by atoms with van der Waals surface area (Å²) in [5, 5.41) is 10.4. The lowest BCUT2D eigenvalue weighted by Gasteiger charge is -2.14. The molecule has 0 amide bonds. The average molecular weight is 271 g/mol. The summed E-state index contributed by atoms with van der Waals surface area (Å²) in [6.45, 7) is 4.37. The molecular weight excluding hydrogens is 250 g/mol. The van der Waals surface area contributed by atoms with Crippen LogP contribution in [0.4, 0.5) is 0 Å². The molecule has 1 aromatic heterocycles. The van der Waals surface area contributed by atoms with Gasteiger partial charge in [0.15, 0.2) is 0 Å². The lowest BCUT2D eigenvalue weighted by molar-refractivity contribution is -0.137. The third kappa shape index (κ3) is 2.45. The minimum atomic E-state index is -0.698. The monoisotopic (exact) mass is 271 g/mol. The van der Waals surface area contributed by atoms with Crippen LogP contribution in [0, 0.1) is 5.92 Å². The fraction of sp³-hybridized carbons (Fsp3) is 0.471. The van der Waals surface area contributed by atoms with Crippen LogP contribution in [0.25, 0.3) is 10.9 Å². The van der Waals surface area contributed by atoms with Gasteiger partial charge in [0.05, 0.1) is 6.42 Å². The number of aromatic nitrogens is 1. The van der Waals surface area contributed by atoms with Crippen molar-refractivity contribution >= 4 is 16.9 Å². The van der Waals surface area contributed by atoms with E-state index in [-0.39, 0.29) is 12.3 Å². The molecule has 0 aliphatic heterocycles. The van der Waals surface area contributed by atoms with Gasteiger partial charge in [-0.25, -0.2) is 0 Å². The maximum Gasteiger partial charge on any atom is 0.303 e. The van der Waals surface area contributed by atoms with Crippen LogP contribution >= 0.6 is 0 Å². The van der Waals surface area contributed by atoms with Crippen LogP contribution in [0.5, 0.6) is 0 Å². The van der Waals surface area contributed by atoms with E-state index in [2.05, 4.69) is 37.0 Å². The van der Waals surface area contributed by atoms with Gasteiger partial charge in [0.1, 0.15) is 0 Å². The zero-order valence-electron chi connectivity index (χ0n) is 12.0. The number of hydrogen-bond acceptors (Lipinski definition) is 1. The summed E-state index contributed by atoms with van der Waals surface area (Å²) in [7, 11) is 0. The normalized spacial score (nSPS) is 16.8. The Morgan fingerprint density at radius 3 is 2.75 bits per heavy atom. The Labute approximate surface area is 119 Å². The Morgan fingerprint density at radius 2 is 2.15 bits per heavy atom. The van der Waals surface area contributed by atoms with E-state index in [1.165, 1.54) is 16.5 Å². The highest BCUT2D eigenvalue weighted by molar-refractivity contribution is 5.85. The van der Waals surface area contributed by atoms with Crippen LogP contribution in [0.3, 0.4) is 0 Å². The molecule has 0 saturated heterocycles. The molecule has 3 heteroatoms. The molecule has 1 saturated carbocycles. The number of hydrogen-bond donors (Lipinski definition) is 2. The number of aliphatic carboxylic acids is 1. The summed E-state index contributed by atoms with van der Waals surface area (Å²) in [5.41, 5.74) is 3.61. The van der Waals surface area contributed by atoms with Crippen molar-refractivity contribution in [2.75, 3.05) is 0 Å². The summed E-state index contributed by atoms with van der Waals surface area (Å²) in [5.74, 6) is 0.494. The summed E-state index contributed by atoms with van der Waals surface area (Å²) < 4.78 is 0. The third-order valence-corrected chi connectivity index (χ3v) is 4.39. The predicted octanol–water partition coefficient (Wildman–Crippen LogP) is 4.26. The number of H-pyrrole nitrogens is 1. The van der Waals surface area contributed by atoms with Gasteiger partial charge < -0.3 is 10.1 Å². The van der Waals surface area contributed by atoms with Crippen molar-refractivity contribution in [1.29, 1.82) is 0 Å². The minimum absolute atomic E-state index is 0.156. The van der Waals surface area contributed by atoms with Gasteiger partial charge in [-0.15, -0.1) is 0 Å². The first-order valence-electron chi connectivity index (χ1n) is 7.39. The Bertz CT molecular complexity index is 637. The second-order valence-electron chi connectivity index (χ2n) is 6.25. The zero-order valence-corrected chi connectivity index (χ0v) is 12.0. The molecule has 1 aromatic carbocycles. The lowest BCUT2D eigenvalue weighted by atomic mass is 9.89. The molecule has 20 heavy (non-hydrogen) atoms. The van der Waals surface area contributed by atoms with Crippen LogP contribution < -0.4 is 0 Å². The van der Waals surface area contributed by atoms with Gasteiger partial charge in [-0.1, -0.05) is 19.9 Å². The van der Waals surface area contributed by atoms with E-state index in [0.717, 1.165) is 18.4 Å². The number of aromatic amines is 1. The van der Waals surface area contributed by atoms with Gasteiger partial charge in [-0.2, -0.15) is 0 Å². The molecule has 2 aromatic rings. The molecule has 3 nitrogen and oxygen atoms in total. The number of carbonyl (C=O) groups is 1. The number of carboxylic acid groups (broad SMARTS) is 1. The topological polar surface area (TPSA) is 53.1 Å². The summed E-state index contributed by atoms with van der Waals surface area (Å²) in [4.78, 5) is 14.4. The van der Waals surface area contributed by atoms with E-state index in [4.69, 9.17) is 5.11 Å². The third-order valence-electron chi connectivity index (χ3n) is 4.39. The maximum absolute atomic E-state index is 11.1.